The molecular weight excluding hydrogens is 364 g/mol. The molecule has 0 unspecified atom stereocenters. The van der Waals surface area contributed by atoms with Crippen LogP contribution < -0.4 is 10.2 Å². The van der Waals surface area contributed by atoms with Gasteiger partial charge in [-0.1, -0.05) is 40.9 Å². The standard InChI is InChI=1S/C19H21BrN4/c1-13-11-15(8-9-17(13)20)22-19-21-12-14-5-4-10-24(18(14)23-19)16-6-2-3-7-16/h4-5,8-9,11-12,16H,2-3,6-7,10H2,1H3,(H,21,22,23). The first-order valence-electron chi connectivity index (χ1n) is 8.54. The number of hydrogen-bond donors (Lipinski definition) is 1. The normalized spacial score (nSPS) is 17.2. The van der Waals surface area contributed by atoms with Crippen molar-refractivity contribution in [3.63, 3.8) is 0 Å². The molecule has 1 aliphatic carbocycles. The third-order valence-corrected chi connectivity index (χ3v) is 5.74. The van der Waals surface area contributed by atoms with Crippen LogP contribution in [0.4, 0.5) is 17.5 Å². The van der Waals surface area contributed by atoms with Gasteiger partial charge in [-0.3, -0.25) is 0 Å². The fraction of sp³-hybridized carbons (Fsp3) is 0.368. The van der Waals surface area contributed by atoms with E-state index in [2.05, 4.69) is 56.3 Å². The molecule has 1 fully saturated rings. The number of rotatable bonds is 3. The van der Waals surface area contributed by atoms with E-state index in [9.17, 15) is 0 Å². The molecule has 0 radical (unpaired) electrons. The zero-order valence-corrected chi connectivity index (χ0v) is 15.4. The number of hydrogen-bond acceptors (Lipinski definition) is 4. The average molecular weight is 385 g/mol. The van der Waals surface area contributed by atoms with Crippen LogP contribution in [0.5, 0.6) is 0 Å². The second-order valence-electron chi connectivity index (χ2n) is 6.55. The first-order valence-corrected chi connectivity index (χ1v) is 9.33. The van der Waals surface area contributed by atoms with Crippen LogP contribution >= 0.6 is 15.9 Å². The predicted molar refractivity (Wildman–Crippen MR) is 103 cm³/mol. The van der Waals surface area contributed by atoms with E-state index < -0.39 is 0 Å². The molecule has 24 heavy (non-hydrogen) atoms. The van der Waals surface area contributed by atoms with Crippen molar-refractivity contribution in [3.05, 3.63) is 46.1 Å². The van der Waals surface area contributed by atoms with Gasteiger partial charge in [0, 0.05) is 34.5 Å². The van der Waals surface area contributed by atoms with E-state index in [4.69, 9.17) is 4.98 Å². The second kappa shape index (κ2) is 6.55. The van der Waals surface area contributed by atoms with Crippen molar-refractivity contribution in [2.24, 2.45) is 0 Å². The molecule has 2 heterocycles. The van der Waals surface area contributed by atoms with Gasteiger partial charge in [0.05, 0.1) is 0 Å². The van der Waals surface area contributed by atoms with Crippen molar-refractivity contribution in [2.75, 3.05) is 16.8 Å². The van der Waals surface area contributed by atoms with Gasteiger partial charge in [0.2, 0.25) is 5.95 Å². The zero-order valence-electron chi connectivity index (χ0n) is 13.8. The van der Waals surface area contributed by atoms with Crippen molar-refractivity contribution in [2.45, 2.75) is 38.6 Å². The van der Waals surface area contributed by atoms with Crippen molar-refractivity contribution in [3.8, 4) is 0 Å². The van der Waals surface area contributed by atoms with Crippen LogP contribution in [-0.4, -0.2) is 22.6 Å². The maximum Gasteiger partial charge on any atom is 0.229 e. The molecule has 0 bridgehead atoms. The first kappa shape index (κ1) is 15.6. The number of aryl methyl sites for hydroxylation is 1. The van der Waals surface area contributed by atoms with Gasteiger partial charge >= 0.3 is 0 Å². The Morgan fingerprint density at radius 2 is 2.08 bits per heavy atom. The molecule has 4 rings (SSSR count). The lowest BCUT2D eigenvalue weighted by Crippen LogP contribution is -2.36. The maximum absolute atomic E-state index is 4.83. The lowest BCUT2D eigenvalue weighted by Gasteiger charge is -2.32. The summed E-state index contributed by atoms with van der Waals surface area (Å²) in [6.45, 7) is 3.03. The molecule has 0 amide bonds. The third-order valence-electron chi connectivity index (χ3n) is 4.85. The molecule has 0 spiro atoms. The van der Waals surface area contributed by atoms with E-state index in [0.717, 1.165) is 28.1 Å². The van der Waals surface area contributed by atoms with Crippen molar-refractivity contribution in [1.29, 1.82) is 0 Å². The number of nitrogens with zero attached hydrogens (tertiary/aromatic N) is 3. The average Bonchev–Trinajstić information content (AvgIpc) is 3.12. The van der Waals surface area contributed by atoms with Crippen LogP contribution in [0.1, 0.15) is 36.8 Å². The van der Waals surface area contributed by atoms with Gasteiger partial charge in [-0.05, 0) is 43.5 Å². The summed E-state index contributed by atoms with van der Waals surface area (Å²) >= 11 is 3.54. The summed E-state index contributed by atoms with van der Waals surface area (Å²) in [5.74, 6) is 1.73. The Bertz CT molecular complexity index is 781. The summed E-state index contributed by atoms with van der Waals surface area (Å²) in [5, 5.41) is 3.34. The molecule has 124 valence electrons. The molecule has 0 saturated heterocycles. The highest BCUT2D eigenvalue weighted by molar-refractivity contribution is 9.10. The van der Waals surface area contributed by atoms with E-state index in [0.29, 0.717) is 12.0 Å². The summed E-state index contributed by atoms with van der Waals surface area (Å²) in [6, 6.07) is 6.80. The highest BCUT2D eigenvalue weighted by Gasteiger charge is 2.26. The van der Waals surface area contributed by atoms with Gasteiger partial charge in [-0.15, -0.1) is 0 Å². The Morgan fingerprint density at radius 3 is 2.88 bits per heavy atom. The number of benzene rings is 1. The number of halogens is 1. The second-order valence-corrected chi connectivity index (χ2v) is 7.41. The molecule has 2 aromatic rings. The SMILES string of the molecule is Cc1cc(Nc2ncc3c(n2)N(C2CCCC2)CC=C3)ccc1Br. The van der Waals surface area contributed by atoms with Gasteiger partial charge in [0.15, 0.2) is 0 Å². The Labute approximate surface area is 151 Å². The molecule has 0 atom stereocenters. The lowest BCUT2D eigenvalue weighted by molar-refractivity contribution is 0.622. The third kappa shape index (κ3) is 3.05. The highest BCUT2D eigenvalue weighted by Crippen LogP contribution is 2.32. The highest BCUT2D eigenvalue weighted by atomic mass is 79.9. The number of fused-ring (bicyclic) bond motifs is 1. The summed E-state index contributed by atoms with van der Waals surface area (Å²) in [6.07, 6.45) is 11.5. The molecule has 2 aliphatic rings. The van der Waals surface area contributed by atoms with Gasteiger partial charge in [0.25, 0.3) is 0 Å². The number of anilines is 3. The number of nitrogens with one attached hydrogen (secondary N) is 1. The minimum atomic E-state index is 0.617. The van der Waals surface area contributed by atoms with Crippen LogP contribution in [0.25, 0.3) is 6.08 Å². The van der Waals surface area contributed by atoms with E-state index in [1.54, 1.807) is 0 Å². The summed E-state index contributed by atoms with van der Waals surface area (Å²) < 4.78 is 1.11. The predicted octanol–water partition coefficient (Wildman–Crippen LogP) is 5.07. The fourth-order valence-electron chi connectivity index (χ4n) is 3.56. The topological polar surface area (TPSA) is 41.1 Å². The Kier molecular flexibility index (Phi) is 4.27. The maximum atomic E-state index is 4.83. The first-order chi connectivity index (χ1) is 11.7. The van der Waals surface area contributed by atoms with Crippen LogP contribution in [0.15, 0.2) is 34.9 Å². The van der Waals surface area contributed by atoms with Crippen LogP contribution in [0.3, 0.4) is 0 Å². The van der Waals surface area contributed by atoms with E-state index in [-0.39, 0.29) is 0 Å². The minimum absolute atomic E-state index is 0.617. The largest absolute Gasteiger partial charge is 0.349 e. The monoisotopic (exact) mass is 384 g/mol. The van der Waals surface area contributed by atoms with Gasteiger partial charge < -0.3 is 10.2 Å². The van der Waals surface area contributed by atoms with E-state index in [1.807, 2.05) is 18.3 Å². The van der Waals surface area contributed by atoms with Crippen molar-refractivity contribution >= 4 is 39.5 Å². The summed E-state index contributed by atoms with van der Waals surface area (Å²) in [5.41, 5.74) is 3.31. The Morgan fingerprint density at radius 1 is 1.25 bits per heavy atom. The lowest BCUT2D eigenvalue weighted by atomic mass is 10.1. The molecule has 1 N–H and O–H groups in total. The molecule has 5 heteroatoms. The molecule has 1 aromatic heterocycles. The van der Waals surface area contributed by atoms with Crippen LogP contribution in [0.2, 0.25) is 0 Å². The zero-order chi connectivity index (χ0) is 16.5. The molecule has 1 saturated carbocycles. The molecule has 1 aliphatic heterocycles. The Balaban J connectivity index is 1.62. The fourth-order valence-corrected chi connectivity index (χ4v) is 3.81. The summed E-state index contributed by atoms with van der Waals surface area (Å²) in [7, 11) is 0. The quantitative estimate of drug-likeness (QED) is 0.801. The van der Waals surface area contributed by atoms with E-state index in [1.165, 1.54) is 31.2 Å². The molecule has 4 nitrogen and oxygen atoms in total. The minimum Gasteiger partial charge on any atom is -0.349 e. The van der Waals surface area contributed by atoms with Gasteiger partial charge in [0.1, 0.15) is 5.82 Å². The molecular formula is C19H21BrN4. The molecule has 1 aromatic carbocycles. The van der Waals surface area contributed by atoms with Gasteiger partial charge in [-0.25, -0.2) is 4.98 Å². The number of aromatic nitrogens is 2. The van der Waals surface area contributed by atoms with Gasteiger partial charge in [-0.2, -0.15) is 4.98 Å². The van der Waals surface area contributed by atoms with Crippen LogP contribution in [-0.2, 0) is 0 Å². The van der Waals surface area contributed by atoms with Crippen molar-refractivity contribution in [1.82, 2.24) is 9.97 Å². The van der Waals surface area contributed by atoms with Crippen molar-refractivity contribution < 1.29 is 0 Å². The van der Waals surface area contributed by atoms with Crippen LogP contribution in [0, 0.1) is 6.92 Å². The Hall–Kier alpha value is -1.88. The summed E-state index contributed by atoms with van der Waals surface area (Å²) in [4.78, 5) is 11.8. The smallest absolute Gasteiger partial charge is 0.229 e. The van der Waals surface area contributed by atoms with E-state index >= 15 is 0 Å².